The third-order valence-electron chi connectivity index (χ3n) is 3.52. The molecule has 0 unspecified atom stereocenters. The van der Waals surface area contributed by atoms with Crippen LogP contribution in [0.5, 0.6) is 5.75 Å². The van der Waals surface area contributed by atoms with Crippen LogP contribution in [0.15, 0.2) is 35.9 Å². The fraction of sp³-hybridized carbons (Fsp3) is 0.333. The van der Waals surface area contributed by atoms with E-state index in [0.717, 1.165) is 17.0 Å². The number of nitrogens with zero attached hydrogens (tertiary/aromatic N) is 2. The average Bonchev–Trinajstić information content (AvgIpc) is 2.99. The first kappa shape index (κ1) is 23.1. The second kappa shape index (κ2) is 10.9. The summed E-state index contributed by atoms with van der Waals surface area (Å²) in [6.07, 6.45) is 3.57. The van der Waals surface area contributed by atoms with Crippen LogP contribution in [0.2, 0.25) is 0 Å². The molecule has 0 fully saturated rings. The van der Waals surface area contributed by atoms with Crippen molar-refractivity contribution in [2.75, 3.05) is 7.11 Å². The molecule has 0 atom stereocenters. The molecule has 2 rings (SSSR count). The number of aryl methyl sites for hydroxylation is 1. The van der Waals surface area contributed by atoms with Gasteiger partial charge in [-0.05, 0) is 20.8 Å². The van der Waals surface area contributed by atoms with E-state index in [9.17, 15) is 9.90 Å². The number of ether oxygens (including phenoxy) is 1. The molecule has 0 spiro atoms. The summed E-state index contributed by atoms with van der Waals surface area (Å²) >= 11 is 0. The summed E-state index contributed by atoms with van der Waals surface area (Å²) in [7, 11) is 3.49. The molecule has 0 saturated heterocycles. The number of rotatable bonds is 4. The number of aliphatic hydroxyl groups is 2. The van der Waals surface area contributed by atoms with Crippen LogP contribution in [0.3, 0.4) is 0 Å². The molecule has 25 heavy (non-hydrogen) atoms. The number of imidazole rings is 1. The van der Waals surface area contributed by atoms with Crippen LogP contribution in [0.1, 0.15) is 26.3 Å². The molecule has 2 N–H and O–H groups in total. The van der Waals surface area contributed by atoms with E-state index in [-0.39, 0.29) is 39.2 Å². The van der Waals surface area contributed by atoms with Crippen molar-refractivity contribution in [3.63, 3.8) is 0 Å². The van der Waals surface area contributed by atoms with Crippen LogP contribution in [-0.2, 0) is 39.5 Å². The van der Waals surface area contributed by atoms with E-state index < -0.39 is 0 Å². The molecule has 7 heteroatoms. The number of hydrogen-bond acceptors (Lipinski definition) is 5. The maximum absolute atomic E-state index is 10.4. The second-order valence-corrected chi connectivity index (χ2v) is 5.23. The van der Waals surface area contributed by atoms with Gasteiger partial charge in [0.2, 0.25) is 0 Å². The number of methoxy groups -OCH3 is 1. The van der Waals surface area contributed by atoms with Gasteiger partial charge in [0.1, 0.15) is 0 Å². The number of Topliss-reactive ketones (excluding diaryl/α,β-unsaturated/α-hetero) is 1. The van der Waals surface area contributed by atoms with Gasteiger partial charge < -0.3 is 19.5 Å². The number of allylic oxidation sites excluding steroid dienone is 2. The van der Waals surface area contributed by atoms with E-state index in [1.54, 1.807) is 32.4 Å². The van der Waals surface area contributed by atoms with Gasteiger partial charge in [-0.15, -0.1) is 17.7 Å². The minimum Gasteiger partial charge on any atom is -0.540 e. The third kappa shape index (κ3) is 6.48. The average molecular weight is 526 g/mol. The molecule has 6 nitrogen and oxygen atoms in total. The number of aromatic nitrogens is 2. The Morgan fingerprint density at radius 2 is 2.00 bits per heavy atom. The molecule has 1 aromatic carbocycles. The number of hydrogen-bond donors (Lipinski definition) is 2. The summed E-state index contributed by atoms with van der Waals surface area (Å²) in [5.74, 6) is 1.50. The zero-order valence-electron chi connectivity index (χ0n) is 14.9. The van der Waals surface area contributed by atoms with Gasteiger partial charge in [0.25, 0.3) is 0 Å². The Bertz CT molecular complexity index is 734. The fourth-order valence-corrected chi connectivity index (χ4v) is 1.83. The Morgan fingerprint density at radius 3 is 2.36 bits per heavy atom. The van der Waals surface area contributed by atoms with E-state index in [0.29, 0.717) is 11.3 Å². The molecule has 2 aromatic rings. The van der Waals surface area contributed by atoms with Crippen molar-refractivity contribution in [2.45, 2.75) is 27.4 Å². The molecular formula is C18H23N2O4Pt-. The predicted octanol–water partition coefficient (Wildman–Crippen LogP) is 2.81. The van der Waals surface area contributed by atoms with E-state index >= 15 is 0 Å². The Balaban J connectivity index is 0.000000552. The van der Waals surface area contributed by atoms with Gasteiger partial charge >= 0.3 is 0 Å². The SMILES string of the molecule is CC(=O)/C(C)=C(/C)O.COc1c[c-]c(-c2nccn2C)c(CO)c1.[Pt]. The van der Waals surface area contributed by atoms with Crippen LogP contribution >= 0.6 is 0 Å². The van der Waals surface area contributed by atoms with Crippen LogP contribution in [0.4, 0.5) is 0 Å². The molecule has 1 aromatic heterocycles. The quantitative estimate of drug-likeness (QED) is 0.364. The Morgan fingerprint density at radius 1 is 1.36 bits per heavy atom. The van der Waals surface area contributed by atoms with Gasteiger partial charge in [-0.2, -0.15) is 0 Å². The molecule has 0 bridgehead atoms. The molecule has 0 radical (unpaired) electrons. The standard InChI is InChI=1S/C12H13N2O2.C6H10O2.Pt/c1-14-6-5-13-12(14)11-4-3-10(16-2)7-9(11)8-15;1-4(5(2)7)6(3)8;/h3,5-7,15H,8H2,1-2H3;7H,1-3H3;/q-1;;/b;5-4-;. The van der Waals surface area contributed by atoms with E-state index in [1.807, 2.05) is 17.8 Å². The van der Waals surface area contributed by atoms with E-state index in [2.05, 4.69) is 11.1 Å². The van der Waals surface area contributed by atoms with Gasteiger partial charge in [0.15, 0.2) is 5.78 Å². The maximum atomic E-state index is 10.4. The molecule has 0 amide bonds. The molecule has 0 aliphatic rings. The first-order valence-corrected chi connectivity index (χ1v) is 7.36. The maximum Gasteiger partial charge on any atom is 0.158 e. The zero-order chi connectivity index (χ0) is 18.3. The predicted molar refractivity (Wildman–Crippen MR) is 91.6 cm³/mol. The summed E-state index contributed by atoms with van der Waals surface area (Å²) < 4.78 is 6.98. The van der Waals surface area contributed by atoms with Gasteiger partial charge in [0.05, 0.1) is 18.7 Å². The van der Waals surface area contributed by atoms with Crippen molar-refractivity contribution in [3.05, 3.63) is 47.5 Å². The third-order valence-corrected chi connectivity index (χ3v) is 3.52. The van der Waals surface area contributed by atoms with Crippen LogP contribution in [0.25, 0.3) is 11.4 Å². The Hall–Kier alpha value is -1.91. The molecule has 0 aliphatic heterocycles. The van der Waals surface area contributed by atoms with Gasteiger partial charge in [0, 0.05) is 58.4 Å². The number of carbonyl (C=O) groups is 1. The number of carbonyl (C=O) groups excluding carboxylic acids is 1. The summed E-state index contributed by atoms with van der Waals surface area (Å²) in [6, 6.07) is 6.61. The van der Waals surface area contributed by atoms with Crippen molar-refractivity contribution in [3.8, 4) is 17.1 Å². The van der Waals surface area contributed by atoms with E-state index in [4.69, 9.17) is 9.84 Å². The monoisotopic (exact) mass is 526 g/mol. The minimum atomic E-state index is -0.0787. The largest absolute Gasteiger partial charge is 0.540 e. The summed E-state index contributed by atoms with van der Waals surface area (Å²) in [6.45, 7) is 4.46. The van der Waals surface area contributed by atoms with Crippen LogP contribution in [0, 0.1) is 6.07 Å². The van der Waals surface area contributed by atoms with E-state index in [1.165, 1.54) is 13.8 Å². The van der Waals surface area contributed by atoms with Crippen molar-refractivity contribution < 1.29 is 40.8 Å². The van der Waals surface area contributed by atoms with Crippen LogP contribution < -0.4 is 4.74 Å². The first-order chi connectivity index (χ1) is 11.3. The topological polar surface area (TPSA) is 84.6 Å². The molecule has 1 heterocycles. The minimum absolute atomic E-state index is 0. The summed E-state index contributed by atoms with van der Waals surface area (Å²) in [5, 5.41) is 18.0. The van der Waals surface area contributed by atoms with Crippen LogP contribution in [-0.4, -0.2) is 32.7 Å². The summed E-state index contributed by atoms with van der Waals surface area (Å²) in [4.78, 5) is 14.6. The van der Waals surface area contributed by atoms with Crippen molar-refractivity contribution in [1.82, 2.24) is 9.55 Å². The van der Waals surface area contributed by atoms with Gasteiger partial charge in [-0.1, -0.05) is 11.6 Å². The number of ketones is 1. The van der Waals surface area contributed by atoms with Crippen molar-refractivity contribution in [2.24, 2.45) is 7.05 Å². The Labute approximate surface area is 162 Å². The number of aliphatic hydroxyl groups excluding tert-OH is 2. The van der Waals surface area contributed by atoms with Gasteiger partial charge in [-0.25, -0.2) is 0 Å². The first-order valence-electron chi connectivity index (χ1n) is 7.36. The molecule has 0 aliphatic carbocycles. The summed E-state index contributed by atoms with van der Waals surface area (Å²) in [5.41, 5.74) is 1.99. The van der Waals surface area contributed by atoms with Gasteiger partial charge in [-0.3, -0.25) is 9.78 Å². The normalized spacial score (nSPS) is 10.8. The van der Waals surface area contributed by atoms with Crippen molar-refractivity contribution >= 4 is 5.78 Å². The Kier molecular flexibility index (Phi) is 10.0. The fourth-order valence-electron chi connectivity index (χ4n) is 1.83. The number of benzene rings is 1. The zero-order valence-corrected chi connectivity index (χ0v) is 17.2. The van der Waals surface area contributed by atoms with Crippen molar-refractivity contribution in [1.29, 1.82) is 0 Å². The molecule has 140 valence electrons. The smallest absolute Gasteiger partial charge is 0.158 e. The molecule has 0 saturated carbocycles. The molecular weight excluding hydrogens is 503 g/mol. The second-order valence-electron chi connectivity index (χ2n) is 5.23.